The standard InChI is InChI=1S/C13H24N2O2/c1-2-9-14-13(17)10-15-12(16)8-7-11-5-3-4-6-11/h11H,2-10H2,1H3,(H,14,17)(H,15,16). The van der Waals surface area contributed by atoms with Crippen LogP contribution in [0.1, 0.15) is 51.9 Å². The van der Waals surface area contributed by atoms with E-state index in [1.54, 1.807) is 0 Å². The lowest BCUT2D eigenvalue weighted by atomic mass is 10.0. The zero-order valence-corrected chi connectivity index (χ0v) is 10.8. The Bertz CT molecular complexity index is 248. The van der Waals surface area contributed by atoms with Gasteiger partial charge in [0.1, 0.15) is 0 Å². The number of nitrogens with one attached hydrogen (secondary N) is 2. The van der Waals surface area contributed by atoms with Crippen molar-refractivity contribution in [3.8, 4) is 0 Å². The molecule has 17 heavy (non-hydrogen) atoms. The van der Waals surface area contributed by atoms with Crippen molar-refractivity contribution in [2.75, 3.05) is 13.1 Å². The predicted molar refractivity (Wildman–Crippen MR) is 67.5 cm³/mol. The highest BCUT2D eigenvalue weighted by Crippen LogP contribution is 2.28. The zero-order chi connectivity index (χ0) is 12.5. The van der Waals surface area contributed by atoms with Gasteiger partial charge in [-0.3, -0.25) is 9.59 Å². The molecular weight excluding hydrogens is 216 g/mol. The summed E-state index contributed by atoms with van der Waals surface area (Å²) < 4.78 is 0. The highest BCUT2D eigenvalue weighted by Gasteiger charge is 2.16. The van der Waals surface area contributed by atoms with Crippen LogP contribution >= 0.6 is 0 Å². The molecule has 4 heteroatoms. The van der Waals surface area contributed by atoms with E-state index in [2.05, 4.69) is 10.6 Å². The van der Waals surface area contributed by atoms with Crippen LogP contribution in [-0.4, -0.2) is 24.9 Å². The lowest BCUT2D eigenvalue weighted by Gasteiger charge is -2.09. The van der Waals surface area contributed by atoms with Gasteiger partial charge in [-0.1, -0.05) is 32.6 Å². The monoisotopic (exact) mass is 240 g/mol. The highest BCUT2D eigenvalue weighted by atomic mass is 16.2. The van der Waals surface area contributed by atoms with Crippen molar-refractivity contribution < 1.29 is 9.59 Å². The van der Waals surface area contributed by atoms with E-state index in [4.69, 9.17) is 0 Å². The molecule has 4 nitrogen and oxygen atoms in total. The van der Waals surface area contributed by atoms with Gasteiger partial charge < -0.3 is 10.6 Å². The van der Waals surface area contributed by atoms with Gasteiger partial charge in [-0.15, -0.1) is 0 Å². The Hall–Kier alpha value is -1.06. The summed E-state index contributed by atoms with van der Waals surface area (Å²) in [5, 5.41) is 5.40. The number of carbonyl (C=O) groups is 2. The van der Waals surface area contributed by atoms with Crippen LogP contribution in [0.2, 0.25) is 0 Å². The minimum Gasteiger partial charge on any atom is -0.355 e. The van der Waals surface area contributed by atoms with E-state index in [-0.39, 0.29) is 18.4 Å². The highest BCUT2D eigenvalue weighted by molar-refractivity contribution is 5.84. The normalized spacial score (nSPS) is 15.8. The van der Waals surface area contributed by atoms with Crippen molar-refractivity contribution in [2.24, 2.45) is 5.92 Å². The third-order valence-corrected chi connectivity index (χ3v) is 3.27. The molecule has 0 radical (unpaired) electrons. The molecule has 0 heterocycles. The Kier molecular flexibility index (Phi) is 6.67. The minimum atomic E-state index is -0.0962. The smallest absolute Gasteiger partial charge is 0.239 e. The SMILES string of the molecule is CCCNC(=O)CNC(=O)CCC1CCCC1. The third-order valence-electron chi connectivity index (χ3n) is 3.27. The maximum Gasteiger partial charge on any atom is 0.239 e. The van der Waals surface area contributed by atoms with E-state index in [1.165, 1.54) is 25.7 Å². The largest absolute Gasteiger partial charge is 0.355 e. The number of amides is 2. The topological polar surface area (TPSA) is 58.2 Å². The van der Waals surface area contributed by atoms with E-state index in [0.29, 0.717) is 13.0 Å². The molecule has 2 N–H and O–H groups in total. The van der Waals surface area contributed by atoms with Crippen LogP contribution in [0.5, 0.6) is 0 Å². The van der Waals surface area contributed by atoms with Gasteiger partial charge in [0.05, 0.1) is 6.54 Å². The molecule has 0 aromatic carbocycles. The van der Waals surface area contributed by atoms with Gasteiger partial charge in [-0.25, -0.2) is 0 Å². The van der Waals surface area contributed by atoms with Crippen LogP contribution in [-0.2, 0) is 9.59 Å². The number of rotatable bonds is 7. The fraction of sp³-hybridized carbons (Fsp3) is 0.846. The number of hydrogen-bond acceptors (Lipinski definition) is 2. The Morgan fingerprint density at radius 1 is 1.12 bits per heavy atom. The maximum absolute atomic E-state index is 11.5. The average Bonchev–Trinajstić information content (AvgIpc) is 2.84. The van der Waals surface area contributed by atoms with E-state index in [0.717, 1.165) is 18.8 Å². The molecule has 0 bridgehead atoms. The first kappa shape index (κ1) is 14.0. The second-order valence-electron chi connectivity index (χ2n) is 4.82. The molecule has 2 amide bonds. The third kappa shape index (κ3) is 6.29. The molecule has 1 rings (SSSR count). The van der Waals surface area contributed by atoms with Crippen LogP contribution in [0, 0.1) is 5.92 Å². The van der Waals surface area contributed by atoms with Crippen molar-refractivity contribution in [1.82, 2.24) is 10.6 Å². The molecule has 0 unspecified atom stereocenters. The quantitative estimate of drug-likeness (QED) is 0.710. The molecular formula is C13H24N2O2. The first-order valence-electron chi connectivity index (χ1n) is 6.75. The second kappa shape index (κ2) is 8.09. The maximum atomic E-state index is 11.5. The molecule has 0 aromatic heterocycles. The van der Waals surface area contributed by atoms with Crippen LogP contribution in [0.15, 0.2) is 0 Å². The van der Waals surface area contributed by atoms with Gasteiger partial charge in [0.25, 0.3) is 0 Å². The van der Waals surface area contributed by atoms with Crippen molar-refractivity contribution in [3.05, 3.63) is 0 Å². The van der Waals surface area contributed by atoms with E-state index < -0.39 is 0 Å². The summed E-state index contributed by atoms with van der Waals surface area (Å²) in [5.74, 6) is 0.638. The van der Waals surface area contributed by atoms with Gasteiger partial charge in [0, 0.05) is 13.0 Å². The Morgan fingerprint density at radius 3 is 2.47 bits per heavy atom. The van der Waals surface area contributed by atoms with Crippen molar-refractivity contribution in [2.45, 2.75) is 51.9 Å². The summed E-state index contributed by atoms with van der Waals surface area (Å²) in [5.41, 5.74) is 0. The van der Waals surface area contributed by atoms with Crippen LogP contribution in [0.25, 0.3) is 0 Å². The van der Waals surface area contributed by atoms with Gasteiger partial charge in [-0.2, -0.15) is 0 Å². The van der Waals surface area contributed by atoms with E-state index >= 15 is 0 Å². The van der Waals surface area contributed by atoms with Gasteiger partial charge >= 0.3 is 0 Å². The minimum absolute atomic E-state index is 0.00329. The fourth-order valence-corrected chi connectivity index (χ4v) is 2.23. The Balaban J connectivity index is 2.02. The summed E-state index contributed by atoms with van der Waals surface area (Å²) in [6.07, 6.45) is 7.61. The summed E-state index contributed by atoms with van der Waals surface area (Å²) in [7, 11) is 0. The van der Waals surface area contributed by atoms with E-state index in [9.17, 15) is 9.59 Å². The number of carbonyl (C=O) groups excluding carboxylic acids is 2. The number of hydrogen-bond donors (Lipinski definition) is 2. The molecule has 1 aliphatic rings. The summed E-state index contributed by atoms with van der Waals surface area (Å²) in [4.78, 5) is 22.7. The molecule has 1 aliphatic carbocycles. The average molecular weight is 240 g/mol. The first-order chi connectivity index (χ1) is 8.22. The van der Waals surface area contributed by atoms with E-state index in [1.807, 2.05) is 6.92 Å². The zero-order valence-electron chi connectivity index (χ0n) is 10.8. The fourth-order valence-electron chi connectivity index (χ4n) is 2.23. The molecule has 0 aromatic rings. The molecule has 0 spiro atoms. The predicted octanol–water partition coefficient (Wildman–Crippen LogP) is 1.60. The summed E-state index contributed by atoms with van der Waals surface area (Å²) >= 11 is 0. The van der Waals surface area contributed by atoms with Gasteiger partial charge in [0.15, 0.2) is 0 Å². The van der Waals surface area contributed by atoms with Crippen molar-refractivity contribution in [3.63, 3.8) is 0 Å². The summed E-state index contributed by atoms with van der Waals surface area (Å²) in [6, 6.07) is 0. The van der Waals surface area contributed by atoms with Gasteiger partial charge in [0.2, 0.25) is 11.8 Å². The molecule has 0 atom stereocenters. The van der Waals surface area contributed by atoms with Crippen molar-refractivity contribution in [1.29, 1.82) is 0 Å². The lowest BCUT2D eigenvalue weighted by molar-refractivity contribution is -0.126. The molecule has 1 saturated carbocycles. The Labute approximate surface area is 104 Å². The second-order valence-corrected chi connectivity index (χ2v) is 4.82. The molecule has 98 valence electrons. The molecule has 0 aliphatic heterocycles. The van der Waals surface area contributed by atoms with Crippen LogP contribution in [0.4, 0.5) is 0 Å². The first-order valence-corrected chi connectivity index (χ1v) is 6.75. The van der Waals surface area contributed by atoms with Crippen LogP contribution in [0.3, 0.4) is 0 Å². The molecule has 1 fully saturated rings. The lowest BCUT2D eigenvalue weighted by Crippen LogP contribution is -2.37. The summed E-state index contributed by atoms with van der Waals surface area (Å²) in [6.45, 7) is 2.79. The van der Waals surface area contributed by atoms with Gasteiger partial charge in [-0.05, 0) is 18.8 Å². The Morgan fingerprint density at radius 2 is 1.82 bits per heavy atom. The van der Waals surface area contributed by atoms with Crippen molar-refractivity contribution >= 4 is 11.8 Å². The molecule has 0 saturated heterocycles. The van der Waals surface area contributed by atoms with Crippen LogP contribution < -0.4 is 10.6 Å².